The number of rotatable bonds is 6. The Bertz CT molecular complexity index is 1190. The van der Waals surface area contributed by atoms with Gasteiger partial charge >= 0.3 is 0 Å². The maximum Gasteiger partial charge on any atom is 0.222 e. The van der Waals surface area contributed by atoms with Crippen LogP contribution in [0.3, 0.4) is 0 Å². The fourth-order valence-electron chi connectivity index (χ4n) is 3.69. The van der Waals surface area contributed by atoms with E-state index in [9.17, 15) is 13.2 Å². The molecule has 0 aliphatic carbocycles. The molecule has 3 aromatic rings. The van der Waals surface area contributed by atoms with E-state index >= 15 is 0 Å². The van der Waals surface area contributed by atoms with Crippen LogP contribution in [0.4, 0.5) is 5.13 Å². The molecule has 1 saturated heterocycles. The predicted octanol–water partition coefficient (Wildman–Crippen LogP) is 4.16. The Morgan fingerprint density at radius 2 is 1.81 bits per heavy atom. The molecule has 6 nitrogen and oxygen atoms in total. The molecule has 0 N–H and O–H groups in total. The molecular weight excluding hydrogens is 454 g/mol. The largest absolute Gasteiger partial charge is 0.345 e. The standard InChI is InChI=1S/C22H24ClN3O3S2/c1-16-18(23)9-10-19-21(16)24-22(30-19)26-13-11-25(12-14-26)20(27)8-5-15-31(28,29)17-6-3-2-4-7-17/h2-4,6-7,9-10H,5,8,11-15H2,1H3. The molecule has 2 aromatic carbocycles. The van der Waals surface area contributed by atoms with Gasteiger partial charge in [0, 0.05) is 37.6 Å². The van der Waals surface area contributed by atoms with Crippen molar-refractivity contribution in [2.24, 2.45) is 0 Å². The second kappa shape index (κ2) is 9.14. The molecule has 0 bridgehead atoms. The van der Waals surface area contributed by atoms with E-state index in [1.807, 2.05) is 24.0 Å². The summed E-state index contributed by atoms with van der Waals surface area (Å²) in [5.41, 5.74) is 1.92. The Morgan fingerprint density at radius 1 is 1.10 bits per heavy atom. The summed E-state index contributed by atoms with van der Waals surface area (Å²) in [4.78, 5) is 21.7. The van der Waals surface area contributed by atoms with Crippen LogP contribution in [0.1, 0.15) is 18.4 Å². The third kappa shape index (κ3) is 4.86. The number of aryl methyl sites for hydroxylation is 1. The molecule has 4 rings (SSSR count). The van der Waals surface area contributed by atoms with Gasteiger partial charge in [0.2, 0.25) is 5.91 Å². The van der Waals surface area contributed by atoms with E-state index in [2.05, 4.69) is 4.90 Å². The average Bonchev–Trinajstić information content (AvgIpc) is 3.22. The first-order valence-corrected chi connectivity index (χ1v) is 13.1. The van der Waals surface area contributed by atoms with Gasteiger partial charge in [-0.15, -0.1) is 0 Å². The molecule has 9 heteroatoms. The fraction of sp³-hybridized carbons (Fsp3) is 0.364. The second-order valence-corrected chi connectivity index (χ2v) is 11.1. The maximum atomic E-state index is 12.6. The van der Waals surface area contributed by atoms with Crippen LogP contribution in [0.25, 0.3) is 10.2 Å². The van der Waals surface area contributed by atoms with E-state index in [-0.39, 0.29) is 18.1 Å². The number of sulfone groups is 1. The lowest BCUT2D eigenvalue weighted by Crippen LogP contribution is -2.48. The number of carbonyl (C=O) groups is 1. The van der Waals surface area contributed by atoms with Crippen LogP contribution in [0, 0.1) is 6.92 Å². The van der Waals surface area contributed by atoms with Gasteiger partial charge < -0.3 is 9.80 Å². The van der Waals surface area contributed by atoms with Crippen molar-refractivity contribution in [3.8, 4) is 0 Å². The van der Waals surface area contributed by atoms with Gasteiger partial charge in [0.25, 0.3) is 0 Å². The number of thiazole rings is 1. The van der Waals surface area contributed by atoms with E-state index in [1.54, 1.807) is 41.7 Å². The van der Waals surface area contributed by atoms with Crippen LogP contribution in [0.5, 0.6) is 0 Å². The summed E-state index contributed by atoms with van der Waals surface area (Å²) >= 11 is 7.85. The van der Waals surface area contributed by atoms with E-state index in [0.717, 1.165) is 20.9 Å². The number of carbonyl (C=O) groups excluding carboxylic acids is 1. The van der Waals surface area contributed by atoms with Crippen molar-refractivity contribution in [1.29, 1.82) is 0 Å². The summed E-state index contributed by atoms with van der Waals surface area (Å²) in [6.45, 7) is 4.62. The average molecular weight is 478 g/mol. The third-order valence-electron chi connectivity index (χ3n) is 5.55. The van der Waals surface area contributed by atoms with Crippen LogP contribution in [-0.4, -0.2) is 56.1 Å². The summed E-state index contributed by atoms with van der Waals surface area (Å²) in [5.74, 6) is -0.00842. The Morgan fingerprint density at radius 3 is 2.52 bits per heavy atom. The Hall–Kier alpha value is -2.16. The number of anilines is 1. The summed E-state index contributed by atoms with van der Waals surface area (Å²) in [7, 11) is -3.35. The molecule has 1 fully saturated rings. The Balaban J connectivity index is 1.30. The highest BCUT2D eigenvalue weighted by atomic mass is 35.5. The number of aromatic nitrogens is 1. The molecule has 1 aliphatic heterocycles. The zero-order valence-electron chi connectivity index (χ0n) is 17.3. The molecule has 1 aliphatic rings. The zero-order valence-corrected chi connectivity index (χ0v) is 19.6. The summed E-state index contributed by atoms with van der Waals surface area (Å²) < 4.78 is 25.8. The molecule has 1 amide bonds. The number of halogens is 1. The predicted molar refractivity (Wildman–Crippen MR) is 126 cm³/mol. The second-order valence-electron chi connectivity index (χ2n) is 7.62. The van der Waals surface area contributed by atoms with Gasteiger partial charge in [-0.05, 0) is 43.2 Å². The van der Waals surface area contributed by atoms with E-state index in [4.69, 9.17) is 16.6 Å². The summed E-state index contributed by atoms with van der Waals surface area (Å²) in [5, 5.41) is 1.66. The quantitative estimate of drug-likeness (QED) is 0.533. The van der Waals surface area contributed by atoms with Gasteiger partial charge in [0.1, 0.15) is 0 Å². The number of amides is 1. The molecule has 0 radical (unpaired) electrons. The Labute approximate surface area is 191 Å². The van der Waals surface area contributed by atoms with Crippen molar-refractivity contribution in [3.63, 3.8) is 0 Å². The van der Waals surface area contributed by atoms with Gasteiger partial charge in [-0.3, -0.25) is 4.79 Å². The van der Waals surface area contributed by atoms with Crippen molar-refractivity contribution in [2.45, 2.75) is 24.7 Å². The number of benzene rings is 2. The molecule has 0 unspecified atom stereocenters. The molecule has 0 atom stereocenters. The van der Waals surface area contributed by atoms with E-state index < -0.39 is 9.84 Å². The van der Waals surface area contributed by atoms with Crippen LogP contribution in [-0.2, 0) is 14.6 Å². The molecule has 2 heterocycles. The minimum Gasteiger partial charge on any atom is -0.345 e. The zero-order chi connectivity index (χ0) is 22.0. The SMILES string of the molecule is Cc1c(Cl)ccc2sc(N3CCN(C(=O)CCCS(=O)(=O)c4ccccc4)CC3)nc12. The normalized spacial score (nSPS) is 14.9. The number of piperazine rings is 1. The maximum absolute atomic E-state index is 12.6. The van der Waals surface area contributed by atoms with Gasteiger partial charge in [0.05, 0.1) is 20.9 Å². The monoisotopic (exact) mass is 477 g/mol. The van der Waals surface area contributed by atoms with Gasteiger partial charge in [-0.25, -0.2) is 13.4 Å². The summed E-state index contributed by atoms with van der Waals surface area (Å²) in [6, 6.07) is 12.3. The first-order chi connectivity index (χ1) is 14.8. The highest BCUT2D eigenvalue weighted by Gasteiger charge is 2.24. The van der Waals surface area contributed by atoms with E-state index in [0.29, 0.717) is 42.5 Å². The smallest absolute Gasteiger partial charge is 0.222 e. The molecule has 1 aromatic heterocycles. The topological polar surface area (TPSA) is 70.6 Å². The number of fused-ring (bicyclic) bond motifs is 1. The highest BCUT2D eigenvalue weighted by Crippen LogP contribution is 2.33. The van der Waals surface area contributed by atoms with Crippen molar-refractivity contribution in [3.05, 3.63) is 53.1 Å². The van der Waals surface area contributed by atoms with Gasteiger partial charge in [-0.2, -0.15) is 0 Å². The van der Waals surface area contributed by atoms with Crippen LogP contribution in [0.15, 0.2) is 47.4 Å². The minimum absolute atomic E-state index is 0.00911. The number of nitrogens with zero attached hydrogens (tertiary/aromatic N) is 3. The molecular formula is C22H24ClN3O3S2. The van der Waals surface area contributed by atoms with Gasteiger partial charge in [0.15, 0.2) is 15.0 Å². The molecule has 0 saturated carbocycles. The molecule has 0 spiro atoms. The lowest BCUT2D eigenvalue weighted by Gasteiger charge is -2.34. The molecule has 164 valence electrons. The first kappa shape index (κ1) is 22.0. The highest BCUT2D eigenvalue weighted by molar-refractivity contribution is 7.91. The van der Waals surface area contributed by atoms with Gasteiger partial charge in [-0.1, -0.05) is 41.1 Å². The first-order valence-electron chi connectivity index (χ1n) is 10.2. The minimum atomic E-state index is -3.35. The number of hydrogen-bond donors (Lipinski definition) is 0. The lowest BCUT2D eigenvalue weighted by atomic mass is 10.2. The van der Waals surface area contributed by atoms with Crippen molar-refractivity contribution in [2.75, 3.05) is 36.8 Å². The summed E-state index contributed by atoms with van der Waals surface area (Å²) in [6.07, 6.45) is 0.569. The van der Waals surface area contributed by atoms with Crippen LogP contribution in [0.2, 0.25) is 5.02 Å². The lowest BCUT2D eigenvalue weighted by molar-refractivity contribution is -0.131. The number of hydrogen-bond acceptors (Lipinski definition) is 6. The van der Waals surface area contributed by atoms with Crippen LogP contribution >= 0.6 is 22.9 Å². The Kier molecular flexibility index (Phi) is 6.50. The van der Waals surface area contributed by atoms with Crippen molar-refractivity contribution in [1.82, 2.24) is 9.88 Å². The fourth-order valence-corrected chi connectivity index (χ4v) is 6.25. The third-order valence-corrected chi connectivity index (χ3v) is 8.85. The molecule has 31 heavy (non-hydrogen) atoms. The van der Waals surface area contributed by atoms with Crippen molar-refractivity contribution < 1.29 is 13.2 Å². The van der Waals surface area contributed by atoms with E-state index in [1.165, 1.54) is 0 Å². The van der Waals surface area contributed by atoms with Crippen molar-refractivity contribution >= 4 is 54.0 Å². The van der Waals surface area contributed by atoms with Crippen LogP contribution < -0.4 is 4.90 Å².